The number of hydrogen-bond donors (Lipinski definition) is 2. The van der Waals surface area contributed by atoms with Crippen LogP contribution in [0, 0.1) is 0 Å². The Morgan fingerprint density at radius 2 is 2.29 bits per heavy atom. The third kappa shape index (κ3) is 4.45. The van der Waals surface area contributed by atoms with Gasteiger partial charge >= 0.3 is 0 Å². The summed E-state index contributed by atoms with van der Waals surface area (Å²) in [7, 11) is 1.68. The van der Waals surface area contributed by atoms with Gasteiger partial charge in [-0.25, -0.2) is 4.84 Å². The Balaban J connectivity index is 2.16. The number of rotatable bonds is 6. The van der Waals surface area contributed by atoms with E-state index in [1.165, 1.54) is 4.57 Å². The van der Waals surface area contributed by atoms with Crippen LogP contribution in [0.3, 0.4) is 0 Å². The summed E-state index contributed by atoms with van der Waals surface area (Å²) in [6.45, 7) is 0.908. The van der Waals surface area contributed by atoms with E-state index in [0.29, 0.717) is 30.5 Å². The first-order valence-corrected chi connectivity index (χ1v) is 7.34. The second-order valence-electron chi connectivity index (χ2n) is 4.21. The molecule has 0 unspecified atom stereocenters. The molecule has 2 aromatic rings. The van der Waals surface area contributed by atoms with E-state index in [1.54, 1.807) is 37.5 Å². The van der Waals surface area contributed by atoms with Gasteiger partial charge in [0.15, 0.2) is 0 Å². The molecule has 0 fully saturated rings. The van der Waals surface area contributed by atoms with Crippen molar-refractivity contribution in [2.45, 2.75) is 0 Å². The van der Waals surface area contributed by atoms with Crippen LogP contribution >= 0.6 is 27.7 Å². The number of pyridine rings is 2. The molecule has 8 heteroatoms. The van der Waals surface area contributed by atoms with E-state index < -0.39 is 0 Å². The number of hydrogen-bond acceptors (Lipinski definition) is 5. The zero-order valence-electron chi connectivity index (χ0n) is 11.3. The van der Waals surface area contributed by atoms with Crippen molar-refractivity contribution in [2.24, 2.45) is 7.05 Å². The molecule has 0 spiro atoms. The molecule has 0 aliphatic rings. The molecule has 0 saturated carbocycles. The van der Waals surface area contributed by atoms with E-state index >= 15 is 0 Å². The summed E-state index contributed by atoms with van der Waals surface area (Å²) in [6, 6.07) is 6.99. The monoisotopic (exact) mass is 372 g/mol. The lowest BCUT2D eigenvalue weighted by atomic mass is 10.4. The van der Waals surface area contributed by atoms with Gasteiger partial charge in [0.1, 0.15) is 18.1 Å². The maximum absolute atomic E-state index is 12.0. The van der Waals surface area contributed by atoms with Gasteiger partial charge in [-0.05, 0) is 39.8 Å². The highest BCUT2D eigenvalue weighted by Crippen LogP contribution is 2.17. The van der Waals surface area contributed by atoms with Crippen molar-refractivity contribution in [1.82, 2.24) is 14.4 Å². The van der Waals surface area contributed by atoms with Crippen molar-refractivity contribution in [3.05, 3.63) is 45.3 Å². The lowest BCUT2D eigenvalue weighted by Crippen LogP contribution is -2.19. The molecule has 2 rings (SSSR count). The quantitative estimate of drug-likeness (QED) is 0.601. The number of halogens is 2. The predicted octanol–water partition coefficient (Wildman–Crippen LogP) is 2.41. The van der Waals surface area contributed by atoms with E-state index in [0.717, 1.165) is 4.47 Å². The Bertz CT molecular complexity index is 677. The second-order valence-corrected chi connectivity index (χ2v) is 5.39. The summed E-state index contributed by atoms with van der Waals surface area (Å²) in [5.74, 6) is 0.986. The molecule has 0 radical (unpaired) electrons. The normalized spacial score (nSPS) is 10.4. The standard InChI is InChI=1S/C13H14BrClN4O2/c1-19-8-9(14)7-10(13(19)20)17-11-3-2-4-12(18-11)21-6-5-16-15/h2-4,7-8,16H,5-6H2,1H3,(H,17,18). The van der Waals surface area contributed by atoms with Gasteiger partial charge in [0.2, 0.25) is 5.88 Å². The van der Waals surface area contributed by atoms with Crippen molar-refractivity contribution in [3.8, 4) is 5.88 Å². The molecule has 2 heterocycles. The molecular weight excluding hydrogens is 360 g/mol. The Hall–Kier alpha value is -1.57. The maximum atomic E-state index is 12.0. The number of anilines is 2. The van der Waals surface area contributed by atoms with Crippen LogP contribution in [-0.4, -0.2) is 22.7 Å². The van der Waals surface area contributed by atoms with Crippen LogP contribution in [0.25, 0.3) is 0 Å². The molecule has 0 aromatic carbocycles. The minimum Gasteiger partial charge on any atom is -0.476 e. The summed E-state index contributed by atoms with van der Waals surface area (Å²) in [4.78, 5) is 18.8. The van der Waals surface area contributed by atoms with Crippen molar-refractivity contribution in [1.29, 1.82) is 0 Å². The molecule has 0 saturated heterocycles. The van der Waals surface area contributed by atoms with Crippen LogP contribution in [-0.2, 0) is 7.05 Å². The van der Waals surface area contributed by atoms with Crippen molar-refractivity contribution >= 4 is 39.2 Å². The molecule has 112 valence electrons. The Labute approximate surface area is 135 Å². The van der Waals surface area contributed by atoms with Gasteiger partial charge in [0, 0.05) is 30.3 Å². The van der Waals surface area contributed by atoms with Crippen LogP contribution in [0.5, 0.6) is 5.88 Å². The third-order valence-electron chi connectivity index (χ3n) is 2.58. The fraction of sp³-hybridized carbons (Fsp3) is 0.231. The van der Waals surface area contributed by atoms with E-state index in [1.807, 2.05) is 0 Å². The number of ether oxygens (including phenoxy) is 1. The summed E-state index contributed by atoms with van der Waals surface area (Å²) in [6.07, 6.45) is 1.69. The van der Waals surface area contributed by atoms with Crippen LogP contribution in [0.4, 0.5) is 11.5 Å². The first-order valence-electron chi connectivity index (χ1n) is 6.16. The second kappa shape index (κ2) is 7.44. The molecule has 0 bridgehead atoms. The number of nitrogens with zero attached hydrogens (tertiary/aromatic N) is 2. The van der Waals surface area contributed by atoms with Gasteiger partial charge in [-0.3, -0.25) is 4.79 Å². The maximum Gasteiger partial charge on any atom is 0.274 e. The Kier molecular flexibility index (Phi) is 5.60. The Morgan fingerprint density at radius 1 is 1.48 bits per heavy atom. The lowest BCUT2D eigenvalue weighted by molar-refractivity contribution is 0.312. The minimum absolute atomic E-state index is 0.141. The molecule has 0 amide bonds. The zero-order valence-corrected chi connectivity index (χ0v) is 13.6. The van der Waals surface area contributed by atoms with E-state index in [4.69, 9.17) is 16.5 Å². The van der Waals surface area contributed by atoms with E-state index in [2.05, 4.69) is 31.1 Å². The number of aromatic nitrogens is 2. The van der Waals surface area contributed by atoms with Gasteiger partial charge in [0.05, 0.1) is 0 Å². The number of aryl methyl sites for hydroxylation is 1. The molecular formula is C13H14BrClN4O2. The number of nitrogens with one attached hydrogen (secondary N) is 2. The molecule has 0 aliphatic heterocycles. The van der Waals surface area contributed by atoms with E-state index in [9.17, 15) is 4.79 Å². The van der Waals surface area contributed by atoms with Gasteiger partial charge in [-0.1, -0.05) is 6.07 Å². The van der Waals surface area contributed by atoms with Crippen molar-refractivity contribution in [2.75, 3.05) is 18.5 Å². The molecule has 0 aliphatic carbocycles. The molecule has 2 aromatic heterocycles. The highest BCUT2D eigenvalue weighted by molar-refractivity contribution is 9.10. The molecule has 2 N–H and O–H groups in total. The highest BCUT2D eigenvalue weighted by atomic mass is 79.9. The largest absolute Gasteiger partial charge is 0.476 e. The third-order valence-corrected chi connectivity index (χ3v) is 3.21. The summed E-state index contributed by atoms with van der Waals surface area (Å²) in [5, 5.41) is 2.99. The van der Waals surface area contributed by atoms with E-state index in [-0.39, 0.29) is 5.56 Å². The average Bonchev–Trinajstić information content (AvgIpc) is 2.45. The summed E-state index contributed by atoms with van der Waals surface area (Å²) >= 11 is 8.70. The van der Waals surface area contributed by atoms with Crippen LogP contribution in [0.15, 0.2) is 39.7 Å². The predicted molar refractivity (Wildman–Crippen MR) is 86.3 cm³/mol. The van der Waals surface area contributed by atoms with Gasteiger partial charge in [-0.15, -0.1) is 0 Å². The van der Waals surface area contributed by atoms with Gasteiger partial charge in [-0.2, -0.15) is 4.98 Å². The minimum atomic E-state index is -0.141. The summed E-state index contributed by atoms with van der Waals surface area (Å²) in [5.41, 5.74) is 0.289. The molecule has 0 atom stereocenters. The smallest absolute Gasteiger partial charge is 0.274 e. The first kappa shape index (κ1) is 15.8. The molecule has 6 nitrogen and oxygen atoms in total. The fourth-order valence-corrected chi connectivity index (χ4v) is 2.27. The van der Waals surface area contributed by atoms with Crippen LogP contribution in [0.1, 0.15) is 0 Å². The SMILES string of the molecule is Cn1cc(Br)cc(Nc2cccc(OCCNCl)n2)c1=O. The average molecular weight is 374 g/mol. The topological polar surface area (TPSA) is 68.2 Å². The zero-order chi connectivity index (χ0) is 15.2. The van der Waals surface area contributed by atoms with Crippen LogP contribution < -0.4 is 20.4 Å². The Morgan fingerprint density at radius 3 is 3.05 bits per heavy atom. The fourth-order valence-electron chi connectivity index (χ4n) is 1.66. The summed E-state index contributed by atoms with van der Waals surface area (Å²) < 4.78 is 7.70. The van der Waals surface area contributed by atoms with Crippen molar-refractivity contribution in [3.63, 3.8) is 0 Å². The first-order chi connectivity index (χ1) is 10.1. The highest BCUT2D eigenvalue weighted by Gasteiger charge is 2.05. The lowest BCUT2D eigenvalue weighted by Gasteiger charge is -2.09. The molecule has 21 heavy (non-hydrogen) atoms. The van der Waals surface area contributed by atoms with Gasteiger partial charge in [0.25, 0.3) is 5.56 Å². The van der Waals surface area contributed by atoms with Gasteiger partial charge < -0.3 is 14.6 Å². The van der Waals surface area contributed by atoms with Crippen LogP contribution in [0.2, 0.25) is 0 Å². The van der Waals surface area contributed by atoms with Crippen molar-refractivity contribution < 1.29 is 4.74 Å².